The number of allylic oxidation sites excluding steroid dienone is 2. The van der Waals surface area contributed by atoms with E-state index in [4.69, 9.17) is 21.1 Å². The van der Waals surface area contributed by atoms with Gasteiger partial charge in [0.05, 0.1) is 0 Å². The highest BCUT2D eigenvalue weighted by Crippen LogP contribution is 2.29. The first-order chi connectivity index (χ1) is 14.1. The van der Waals surface area contributed by atoms with Crippen LogP contribution in [0.4, 0.5) is 0 Å². The Hall–Kier alpha value is -2.71. The van der Waals surface area contributed by atoms with Crippen LogP contribution in [0.2, 0.25) is 5.02 Å². The van der Waals surface area contributed by atoms with E-state index in [1.54, 1.807) is 0 Å². The van der Waals surface area contributed by atoms with Gasteiger partial charge in [-0.1, -0.05) is 67.1 Å². The van der Waals surface area contributed by atoms with Crippen LogP contribution >= 0.6 is 11.6 Å². The van der Waals surface area contributed by atoms with Gasteiger partial charge in [0.15, 0.2) is 0 Å². The van der Waals surface area contributed by atoms with Crippen LogP contribution in [0, 0.1) is 6.92 Å². The Morgan fingerprint density at radius 2 is 1.45 bits per heavy atom. The van der Waals surface area contributed by atoms with E-state index in [2.05, 4.69) is 51.1 Å². The SMILES string of the molecule is CC/C=C(/C)c1cc(OCc2ccccc2C)cc(OCc2ccccc2Cl)c1. The molecule has 0 saturated heterocycles. The molecule has 0 saturated carbocycles. The molecule has 0 heterocycles. The van der Waals surface area contributed by atoms with Gasteiger partial charge in [0.1, 0.15) is 24.7 Å². The van der Waals surface area contributed by atoms with Crippen LogP contribution in [0.25, 0.3) is 5.57 Å². The highest BCUT2D eigenvalue weighted by molar-refractivity contribution is 6.31. The second-order valence-corrected chi connectivity index (χ2v) is 7.49. The summed E-state index contributed by atoms with van der Waals surface area (Å²) in [5.41, 5.74) is 5.67. The van der Waals surface area contributed by atoms with Crippen LogP contribution in [0.3, 0.4) is 0 Å². The molecule has 0 aromatic heterocycles. The summed E-state index contributed by atoms with van der Waals surface area (Å²) in [6, 6.07) is 22.1. The molecular weight excluding hydrogens is 380 g/mol. The average molecular weight is 407 g/mol. The Morgan fingerprint density at radius 1 is 0.862 bits per heavy atom. The fourth-order valence-corrected chi connectivity index (χ4v) is 3.29. The number of ether oxygens (including phenoxy) is 2. The molecule has 0 unspecified atom stereocenters. The third-order valence-electron chi connectivity index (χ3n) is 4.85. The maximum Gasteiger partial charge on any atom is 0.124 e. The van der Waals surface area contributed by atoms with E-state index >= 15 is 0 Å². The zero-order valence-electron chi connectivity index (χ0n) is 17.2. The first kappa shape index (κ1) is 21.0. The van der Waals surface area contributed by atoms with Crippen LogP contribution in [-0.4, -0.2) is 0 Å². The fraction of sp³-hybridized carbons (Fsp3) is 0.231. The Balaban J connectivity index is 1.82. The van der Waals surface area contributed by atoms with Crippen molar-refractivity contribution in [2.45, 2.75) is 40.4 Å². The average Bonchev–Trinajstić information content (AvgIpc) is 2.73. The molecule has 0 fully saturated rings. The smallest absolute Gasteiger partial charge is 0.124 e. The molecule has 3 heteroatoms. The molecule has 2 nitrogen and oxygen atoms in total. The molecule has 150 valence electrons. The van der Waals surface area contributed by atoms with Crippen molar-refractivity contribution in [1.82, 2.24) is 0 Å². The van der Waals surface area contributed by atoms with Crippen molar-refractivity contribution in [3.05, 3.63) is 100 Å². The lowest BCUT2D eigenvalue weighted by Gasteiger charge is -2.14. The molecular formula is C26H27ClO2. The Kier molecular flexibility index (Phi) is 7.37. The number of hydrogen-bond donors (Lipinski definition) is 0. The van der Waals surface area contributed by atoms with Gasteiger partial charge in [-0.25, -0.2) is 0 Å². The number of halogens is 1. The van der Waals surface area contributed by atoms with Gasteiger partial charge in [0.25, 0.3) is 0 Å². The summed E-state index contributed by atoms with van der Waals surface area (Å²) in [6.07, 6.45) is 3.19. The zero-order chi connectivity index (χ0) is 20.6. The van der Waals surface area contributed by atoms with Gasteiger partial charge in [0, 0.05) is 16.7 Å². The highest BCUT2D eigenvalue weighted by atomic mass is 35.5. The van der Waals surface area contributed by atoms with Crippen LogP contribution in [0.1, 0.15) is 42.5 Å². The van der Waals surface area contributed by atoms with E-state index in [9.17, 15) is 0 Å². The van der Waals surface area contributed by atoms with Gasteiger partial charge in [0.2, 0.25) is 0 Å². The maximum atomic E-state index is 6.26. The van der Waals surface area contributed by atoms with Gasteiger partial charge in [-0.05, 0) is 60.7 Å². The summed E-state index contributed by atoms with van der Waals surface area (Å²) in [5.74, 6) is 1.56. The molecule has 0 radical (unpaired) electrons. The van der Waals surface area contributed by atoms with Gasteiger partial charge in [-0.3, -0.25) is 0 Å². The van der Waals surface area contributed by atoms with Gasteiger partial charge >= 0.3 is 0 Å². The van der Waals surface area contributed by atoms with Crippen LogP contribution in [-0.2, 0) is 13.2 Å². The van der Waals surface area contributed by atoms with E-state index in [1.165, 1.54) is 16.7 Å². The van der Waals surface area contributed by atoms with Crippen molar-refractivity contribution in [2.75, 3.05) is 0 Å². The van der Waals surface area contributed by atoms with Crippen LogP contribution < -0.4 is 9.47 Å². The van der Waals surface area contributed by atoms with Gasteiger partial charge in [-0.15, -0.1) is 0 Å². The fourth-order valence-electron chi connectivity index (χ4n) is 3.10. The largest absolute Gasteiger partial charge is 0.489 e. The molecule has 3 rings (SSSR count). The lowest BCUT2D eigenvalue weighted by Crippen LogP contribution is -2.00. The third-order valence-corrected chi connectivity index (χ3v) is 5.22. The minimum atomic E-state index is 0.414. The molecule has 0 bridgehead atoms. The topological polar surface area (TPSA) is 18.5 Å². The summed E-state index contributed by atoms with van der Waals surface area (Å²) < 4.78 is 12.2. The summed E-state index contributed by atoms with van der Waals surface area (Å²) in [7, 11) is 0. The molecule has 0 aliphatic heterocycles. The molecule has 3 aromatic carbocycles. The molecule has 0 atom stereocenters. The van der Waals surface area contributed by atoms with E-state index < -0.39 is 0 Å². The maximum absolute atomic E-state index is 6.26. The lowest BCUT2D eigenvalue weighted by atomic mass is 10.1. The second kappa shape index (κ2) is 10.2. The quantitative estimate of drug-likeness (QED) is 0.383. The number of rotatable bonds is 8. The van der Waals surface area contributed by atoms with E-state index in [0.29, 0.717) is 18.2 Å². The normalized spacial score (nSPS) is 11.4. The standard InChI is InChI=1S/C26H27ClO2/c1-4-9-19(2)23-14-24(28-17-21-11-6-5-10-20(21)3)16-25(15-23)29-18-22-12-7-8-13-26(22)27/h5-16H,4,17-18H2,1-3H3/b19-9-. The minimum absolute atomic E-state index is 0.414. The van der Waals surface area contributed by atoms with Crippen molar-refractivity contribution in [1.29, 1.82) is 0 Å². The zero-order valence-corrected chi connectivity index (χ0v) is 18.0. The molecule has 0 N–H and O–H groups in total. The minimum Gasteiger partial charge on any atom is -0.489 e. The van der Waals surface area contributed by atoms with Crippen LogP contribution in [0.5, 0.6) is 11.5 Å². The highest BCUT2D eigenvalue weighted by Gasteiger charge is 2.08. The predicted octanol–water partition coefficient (Wildman–Crippen LogP) is 7.62. The summed E-state index contributed by atoms with van der Waals surface area (Å²) in [6.45, 7) is 7.29. The third kappa shape index (κ3) is 5.88. The Labute approximate surface area is 178 Å². The van der Waals surface area contributed by atoms with Crippen molar-refractivity contribution in [3.63, 3.8) is 0 Å². The van der Waals surface area contributed by atoms with Crippen molar-refractivity contribution >= 4 is 17.2 Å². The van der Waals surface area contributed by atoms with Crippen molar-refractivity contribution < 1.29 is 9.47 Å². The summed E-state index contributed by atoms with van der Waals surface area (Å²) in [5, 5.41) is 0.710. The van der Waals surface area contributed by atoms with Crippen LogP contribution in [0.15, 0.2) is 72.8 Å². The molecule has 0 aliphatic rings. The van der Waals surface area contributed by atoms with Gasteiger partial charge in [-0.2, -0.15) is 0 Å². The Morgan fingerprint density at radius 3 is 2.07 bits per heavy atom. The number of hydrogen-bond acceptors (Lipinski definition) is 2. The number of benzene rings is 3. The predicted molar refractivity (Wildman–Crippen MR) is 122 cm³/mol. The van der Waals surface area contributed by atoms with Crippen molar-refractivity contribution in [2.24, 2.45) is 0 Å². The monoisotopic (exact) mass is 406 g/mol. The van der Waals surface area contributed by atoms with E-state index in [1.807, 2.05) is 42.5 Å². The van der Waals surface area contributed by atoms with Gasteiger partial charge < -0.3 is 9.47 Å². The number of aryl methyl sites for hydroxylation is 1. The molecule has 0 aliphatic carbocycles. The second-order valence-electron chi connectivity index (χ2n) is 7.08. The Bertz CT molecular complexity index is 924. The van der Waals surface area contributed by atoms with E-state index in [0.717, 1.165) is 29.0 Å². The lowest BCUT2D eigenvalue weighted by molar-refractivity contribution is 0.289. The summed E-state index contributed by atoms with van der Waals surface area (Å²) >= 11 is 6.26. The molecule has 3 aromatic rings. The van der Waals surface area contributed by atoms with Crippen molar-refractivity contribution in [3.8, 4) is 11.5 Å². The first-order valence-electron chi connectivity index (χ1n) is 9.92. The molecule has 0 amide bonds. The molecule has 29 heavy (non-hydrogen) atoms. The molecule has 0 spiro atoms. The van der Waals surface area contributed by atoms with E-state index in [-0.39, 0.29) is 0 Å². The first-order valence-corrected chi connectivity index (χ1v) is 10.3. The summed E-state index contributed by atoms with van der Waals surface area (Å²) in [4.78, 5) is 0.